The van der Waals surface area contributed by atoms with E-state index in [-0.39, 0.29) is 24.4 Å². The van der Waals surface area contributed by atoms with E-state index in [0.29, 0.717) is 26.1 Å². The normalized spacial score (nSPS) is 11.9. The molecule has 2 aromatic rings. The molecule has 1 unspecified atom stereocenters. The Morgan fingerprint density at radius 1 is 1.16 bits per heavy atom. The van der Waals surface area contributed by atoms with Gasteiger partial charge in [0.15, 0.2) is 0 Å². The van der Waals surface area contributed by atoms with Crippen molar-refractivity contribution >= 4 is 11.8 Å². The lowest BCUT2D eigenvalue weighted by Gasteiger charge is -2.31. The average molecular weight is 428 g/mol. The third-order valence-electron chi connectivity index (χ3n) is 5.85. The second-order valence-corrected chi connectivity index (χ2v) is 8.12. The van der Waals surface area contributed by atoms with E-state index in [4.69, 9.17) is 4.74 Å². The van der Waals surface area contributed by atoms with Crippen molar-refractivity contribution in [3.8, 4) is 0 Å². The zero-order chi connectivity index (χ0) is 22.8. The number of methoxy groups -OCH3 is 1. The number of aryl methyl sites for hydroxylation is 1. The van der Waals surface area contributed by atoms with Crippen LogP contribution in [0.2, 0.25) is 0 Å². The van der Waals surface area contributed by atoms with Crippen molar-refractivity contribution in [1.82, 2.24) is 14.4 Å². The maximum Gasteiger partial charge on any atom is 0.242 e. The van der Waals surface area contributed by atoms with Gasteiger partial charge >= 0.3 is 0 Å². The van der Waals surface area contributed by atoms with Crippen molar-refractivity contribution in [2.75, 3.05) is 26.8 Å². The number of ether oxygens (including phenoxy) is 1. The lowest BCUT2D eigenvalue weighted by molar-refractivity contribution is -0.141. The molecular formula is C25H37N3O3. The van der Waals surface area contributed by atoms with Gasteiger partial charge in [-0.2, -0.15) is 0 Å². The molecule has 0 saturated heterocycles. The summed E-state index contributed by atoms with van der Waals surface area (Å²) in [5.41, 5.74) is 3.61. The molecule has 1 heterocycles. The van der Waals surface area contributed by atoms with Crippen LogP contribution in [0.15, 0.2) is 42.6 Å². The molecule has 1 aromatic heterocycles. The van der Waals surface area contributed by atoms with Gasteiger partial charge in [0.05, 0.1) is 13.1 Å². The Labute approximate surface area is 186 Å². The summed E-state index contributed by atoms with van der Waals surface area (Å²) >= 11 is 0. The van der Waals surface area contributed by atoms with Gasteiger partial charge in [0.1, 0.15) is 0 Å². The zero-order valence-electron chi connectivity index (χ0n) is 19.6. The average Bonchev–Trinajstić information content (AvgIpc) is 3.18. The van der Waals surface area contributed by atoms with E-state index in [0.717, 1.165) is 18.7 Å². The molecule has 0 fully saturated rings. The lowest BCUT2D eigenvalue weighted by Crippen LogP contribution is -2.46. The molecule has 0 aliphatic heterocycles. The highest BCUT2D eigenvalue weighted by Gasteiger charge is 2.23. The molecule has 0 bridgehead atoms. The molecule has 6 heteroatoms. The summed E-state index contributed by atoms with van der Waals surface area (Å²) in [5.74, 6) is -0.109. The molecule has 0 N–H and O–H groups in total. The van der Waals surface area contributed by atoms with Gasteiger partial charge in [-0.3, -0.25) is 9.59 Å². The van der Waals surface area contributed by atoms with Crippen molar-refractivity contribution in [3.05, 3.63) is 59.4 Å². The highest BCUT2D eigenvalue weighted by Crippen LogP contribution is 2.16. The third-order valence-corrected chi connectivity index (χ3v) is 5.85. The summed E-state index contributed by atoms with van der Waals surface area (Å²) in [5, 5.41) is 0. The van der Waals surface area contributed by atoms with E-state index in [9.17, 15) is 9.59 Å². The number of benzene rings is 1. The van der Waals surface area contributed by atoms with E-state index in [1.165, 1.54) is 18.1 Å². The van der Waals surface area contributed by atoms with Crippen molar-refractivity contribution < 1.29 is 14.3 Å². The van der Waals surface area contributed by atoms with Crippen LogP contribution in [0.4, 0.5) is 0 Å². The molecule has 31 heavy (non-hydrogen) atoms. The van der Waals surface area contributed by atoms with Crippen LogP contribution in [0.3, 0.4) is 0 Å². The Morgan fingerprint density at radius 3 is 2.55 bits per heavy atom. The van der Waals surface area contributed by atoms with Gasteiger partial charge in [0.25, 0.3) is 0 Å². The summed E-state index contributed by atoms with van der Waals surface area (Å²) in [6.07, 6.45) is 3.63. The smallest absolute Gasteiger partial charge is 0.242 e. The highest BCUT2D eigenvalue weighted by molar-refractivity contribution is 5.84. The number of rotatable bonds is 12. The first-order valence-electron chi connectivity index (χ1n) is 11.1. The molecule has 1 atom stereocenters. The minimum Gasteiger partial charge on any atom is -0.385 e. The molecule has 0 aliphatic carbocycles. The van der Waals surface area contributed by atoms with Crippen LogP contribution in [-0.2, 0) is 27.4 Å². The number of aromatic nitrogens is 1. The number of amides is 2. The maximum atomic E-state index is 13.2. The summed E-state index contributed by atoms with van der Waals surface area (Å²) in [7, 11) is 1.64. The van der Waals surface area contributed by atoms with Gasteiger partial charge in [-0.25, -0.2) is 0 Å². The zero-order valence-corrected chi connectivity index (χ0v) is 19.6. The molecule has 0 aliphatic rings. The molecule has 2 rings (SSSR count). The number of carbonyl (C=O) groups is 2. The predicted molar refractivity (Wildman–Crippen MR) is 124 cm³/mol. The molecule has 2 amide bonds. The van der Waals surface area contributed by atoms with Gasteiger partial charge in [-0.1, -0.05) is 31.2 Å². The van der Waals surface area contributed by atoms with Crippen LogP contribution in [0.1, 0.15) is 50.4 Å². The number of nitrogens with zero attached hydrogens (tertiary/aromatic N) is 3. The quantitative estimate of drug-likeness (QED) is 0.484. The molecule has 0 spiro atoms. The highest BCUT2D eigenvalue weighted by atomic mass is 16.5. The van der Waals surface area contributed by atoms with Gasteiger partial charge in [0.2, 0.25) is 11.8 Å². The molecule has 170 valence electrons. The van der Waals surface area contributed by atoms with Gasteiger partial charge in [-0.15, -0.1) is 0 Å². The molecular weight excluding hydrogens is 390 g/mol. The summed E-state index contributed by atoms with van der Waals surface area (Å²) < 4.78 is 7.29. The van der Waals surface area contributed by atoms with Crippen LogP contribution < -0.4 is 0 Å². The molecule has 6 nitrogen and oxygen atoms in total. The SMILES string of the molecule is CCC(C)N(Cc1cccn1Cc1ccccc1C)C(=O)CN(CCCOC)C(C)=O. The summed E-state index contributed by atoms with van der Waals surface area (Å²) in [6, 6.07) is 12.5. The summed E-state index contributed by atoms with van der Waals surface area (Å²) in [6.45, 7) is 10.3. The van der Waals surface area contributed by atoms with Crippen LogP contribution in [-0.4, -0.2) is 59.0 Å². The maximum absolute atomic E-state index is 13.2. The first kappa shape index (κ1) is 24.7. The van der Waals surface area contributed by atoms with Crippen molar-refractivity contribution in [1.29, 1.82) is 0 Å². The third kappa shape index (κ3) is 7.24. The van der Waals surface area contributed by atoms with Crippen LogP contribution in [0, 0.1) is 6.92 Å². The van der Waals surface area contributed by atoms with E-state index >= 15 is 0 Å². The first-order valence-corrected chi connectivity index (χ1v) is 11.1. The fourth-order valence-corrected chi connectivity index (χ4v) is 3.60. The first-order chi connectivity index (χ1) is 14.9. The minimum absolute atomic E-state index is 0.0226. The van der Waals surface area contributed by atoms with Crippen molar-refractivity contribution in [2.24, 2.45) is 0 Å². The van der Waals surface area contributed by atoms with Crippen LogP contribution >= 0.6 is 0 Å². The molecule has 1 aromatic carbocycles. The fraction of sp³-hybridized carbons (Fsp3) is 0.520. The summed E-state index contributed by atoms with van der Waals surface area (Å²) in [4.78, 5) is 28.8. The molecule has 0 radical (unpaired) electrons. The van der Waals surface area contributed by atoms with E-state index in [2.05, 4.69) is 55.8 Å². The second kappa shape index (κ2) is 12.3. The Morgan fingerprint density at radius 2 is 1.90 bits per heavy atom. The molecule has 0 saturated carbocycles. The topological polar surface area (TPSA) is 54.8 Å². The number of carbonyl (C=O) groups excluding carboxylic acids is 2. The second-order valence-electron chi connectivity index (χ2n) is 8.12. The van der Waals surface area contributed by atoms with E-state index in [1.54, 1.807) is 12.0 Å². The predicted octanol–water partition coefficient (Wildman–Crippen LogP) is 3.86. The Kier molecular flexibility index (Phi) is 9.79. The number of hydrogen-bond acceptors (Lipinski definition) is 3. The Hall–Kier alpha value is -2.60. The van der Waals surface area contributed by atoms with Crippen LogP contribution in [0.25, 0.3) is 0 Å². The van der Waals surface area contributed by atoms with Gasteiger partial charge in [-0.05, 0) is 49.9 Å². The van der Waals surface area contributed by atoms with Crippen molar-refractivity contribution in [2.45, 2.75) is 59.7 Å². The lowest BCUT2D eigenvalue weighted by atomic mass is 10.1. The van der Waals surface area contributed by atoms with E-state index in [1.807, 2.05) is 17.0 Å². The van der Waals surface area contributed by atoms with Gasteiger partial charge in [0, 0.05) is 51.7 Å². The Bertz CT molecular complexity index is 846. The standard InChI is InChI=1S/C25H37N3O3/c1-6-21(3)28(25(30)19-26(22(4)29)15-10-16-31-5)18-24-13-9-14-27(24)17-23-12-8-7-11-20(23)2/h7-9,11-14,21H,6,10,15-19H2,1-5H3. The largest absolute Gasteiger partial charge is 0.385 e. The minimum atomic E-state index is -0.0866. The van der Waals surface area contributed by atoms with Crippen LogP contribution in [0.5, 0.6) is 0 Å². The van der Waals surface area contributed by atoms with Crippen molar-refractivity contribution in [3.63, 3.8) is 0 Å². The Balaban J connectivity index is 2.15. The fourth-order valence-electron chi connectivity index (χ4n) is 3.60. The van der Waals surface area contributed by atoms with Gasteiger partial charge < -0.3 is 19.1 Å². The number of hydrogen-bond donors (Lipinski definition) is 0. The van der Waals surface area contributed by atoms with E-state index < -0.39 is 0 Å². The monoisotopic (exact) mass is 427 g/mol.